The highest BCUT2D eigenvalue weighted by Crippen LogP contribution is 2.36. The maximum absolute atomic E-state index is 12.3. The van der Waals surface area contributed by atoms with Gasteiger partial charge in [0.05, 0.1) is 5.41 Å². The van der Waals surface area contributed by atoms with Gasteiger partial charge in [-0.2, -0.15) is 0 Å². The molecule has 2 aliphatic rings. The molecule has 0 radical (unpaired) electrons. The molecule has 1 aliphatic carbocycles. The van der Waals surface area contributed by atoms with Gasteiger partial charge in [0.1, 0.15) is 0 Å². The van der Waals surface area contributed by atoms with Gasteiger partial charge in [-0.25, -0.2) is 0 Å². The third-order valence-corrected chi connectivity index (χ3v) is 5.31. The molecule has 5 nitrogen and oxygen atoms in total. The fourth-order valence-corrected chi connectivity index (χ4v) is 3.57. The number of carboxylic acid groups (broad SMARTS) is 1. The highest BCUT2D eigenvalue weighted by Gasteiger charge is 2.42. The van der Waals surface area contributed by atoms with Crippen LogP contribution in [0.5, 0.6) is 0 Å². The van der Waals surface area contributed by atoms with E-state index in [0.29, 0.717) is 38.8 Å². The van der Waals surface area contributed by atoms with Crippen molar-refractivity contribution in [2.45, 2.75) is 63.8 Å². The van der Waals surface area contributed by atoms with Crippen molar-refractivity contribution < 1.29 is 14.7 Å². The van der Waals surface area contributed by atoms with E-state index in [2.05, 4.69) is 0 Å². The molecule has 3 N–H and O–H groups in total. The van der Waals surface area contributed by atoms with Gasteiger partial charge in [-0.15, -0.1) is 0 Å². The molecule has 114 valence electrons. The van der Waals surface area contributed by atoms with E-state index in [-0.39, 0.29) is 11.4 Å². The number of rotatable bonds is 4. The molecule has 1 saturated carbocycles. The molecular weight excluding hydrogens is 256 g/mol. The zero-order chi connectivity index (χ0) is 14.8. The summed E-state index contributed by atoms with van der Waals surface area (Å²) in [6.45, 7) is 3.02. The van der Waals surface area contributed by atoms with Gasteiger partial charge in [0.25, 0.3) is 0 Å². The molecule has 0 unspecified atom stereocenters. The number of nitrogens with two attached hydrogens (primary N) is 1. The number of aliphatic carboxylic acids is 1. The second-order valence-electron chi connectivity index (χ2n) is 6.57. The lowest BCUT2D eigenvalue weighted by molar-refractivity contribution is -0.154. The average Bonchev–Trinajstić information content (AvgIpc) is 2.85. The summed E-state index contributed by atoms with van der Waals surface area (Å²) in [5.41, 5.74) is 5.30. The smallest absolute Gasteiger partial charge is 0.309 e. The van der Waals surface area contributed by atoms with Gasteiger partial charge in [0.15, 0.2) is 0 Å². The Balaban J connectivity index is 1.90. The van der Waals surface area contributed by atoms with Crippen LogP contribution in [0.1, 0.15) is 58.3 Å². The van der Waals surface area contributed by atoms with Crippen LogP contribution in [0.15, 0.2) is 0 Å². The molecule has 2 fully saturated rings. The predicted molar refractivity (Wildman–Crippen MR) is 76.2 cm³/mol. The van der Waals surface area contributed by atoms with Crippen LogP contribution >= 0.6 is 0 Å². The lowest BCUT2D eigenvalue weighted by atomic mass is 9.76. The molecule has 0 spiro atoms. The van der Waals surface area contributed by atoms with Gasteiger partial charge in [-0.05, 0) is 32.1 Å². The van der Waals surface area contributed by atoms with Crippen molar-refractivity contribution in [3.05, 3.63) is 0 Å². The standard InChI is InChI=1S/C15H26N2O3/c1-2-14(13(19)20)7-9-17(10-8-14)12(18)11-15(16)5-3-4-6-15/h2-11,16H2,1H3,(H,19,20). The number of carbonyl (C=O) groups is 2. The molecule has 0 atom stereocenters. The Kier molecular flexibility index (Phi) is 4.37. The first-order valence-electron chi connectivity index (χ1n) is 7.71. The molecule has 5 heteroatoms. The van der Waals surface area contributed by atoms with E-state index in [1.165, 1.54) is 0 Å². The van der Waals surface area contributed by atoms with Gasteiger partial charge in [0.2, 0.25) is 5.91 Å². The van der Waals surface area contributed by atoms with Crippen molar-refractivity contribution in [1.82, 2.24) is 4.90 Å². The molecule has 0 aromatic rings. The first kappa shape index (κ1) is 15.3. The van der Waals surface area contributed by atoms with E-state index >= 15 is 0 Å². The zero-order valence-electron chi connectivity index (χ0n) is 12.4. The topological polar surface area (TPSA) is 83.6 Å². The Hall–Kier alpha value is -1.10. The highest BCUT2D eigenvalue weighted by atomic mass is 16.4. The van der Waals surface area contributed by atoms with Crippen molar-refractivity contribution in [3.63, 3.8) is 0 Å². The number of hydrogen-bond donors (Lipinski definition) is 2. The van der Waals surface area contributed by atoms with E-state index in [0.717, 1.165) is 25.7 Å². The Bertz CT molecular complexity index is 381. The number of amides is 1. The summed E-state index contributed by atoms with van der Waals surface area (Å²) in [7, 11) is 0. The van der Waals surface area contributed by atoms with Crippen LogP contribution in [-0.2, 0) is 9.59 Å². The average molecular weight is 282 g/mol. The van der Waals surface area contributed by atoms with Crippen LogP contribution in [0.4, 0.5) is 0 Å². The van der Waals surface area contributed by atoms with Crippen molar-refractivity contribution in [1.29, 1.82) is 0 Å². The van der Waals surface area contributed by atoms with Gasteiger partial charge < -0.3 is 15.7 Å². The lowest BCUT2D eigenvalue weighted by Crippen LogP contribution is -2.49. The third kappa shape index (κ3) is 2.97. The quantitative estimate of drug-likeness (QED) is 0.823. The minimum absolute atomic E-state index is 0.101. The van der Waals surface area contributed by atoms with E-state index in [9.17, 15) is 14.7 Å². The summed E-state index contributed by atoms with van der Waals surface area (Å²) in [6, 6.07) is 0. The summed E-state index contributed by atoms with van der Waals surface area (Å²) < 4.78 is 0. The molecular formula is C15H26N2O3. The first-order valence-corrected chi connectivity index (χ1v) is 7.71. The van der Waals surface area contributed by atoms with Crippen molar-refractivity contribution in [3.8, 4) is 0 Å². The summed E-state index contributed by atoms with van der Waals surface area (Å²) in [6.07, 6.45) is 6.25. The van der Waals surface area contributed by atoms with E-state index in [1.54, 1.807) is 0 Å². The number of carbonyl (C=O) groups excluding carboxylic acids is 1. The van der Waals surface area contributed by atoms with Crippen LogP contribution in [0.25, 0.3) is 0 Å². The largest absolute Gasteiger partial charge is 0.481 e. The van der Waals surface area contributed by atoms with Gasteiger partial charge in [0, 0.05) is 25.0 Å². The van der Waals surface area contributed by atoms with Crippen LogP contribution in [0, 0.1) is 5.41 Å². The number of piperidine rings is 1. The van der Waals surface area contributed by atoms with Crippen molar-refractivity contribution in [2.24, 2.45) is 11.1 Å². The third-order valence-electron chi connectivity index (χ3n) is 5.31. The fourth-order valence-electron chi connectivity index (χ4n) is 3.57. The van der Waals surface area contributed by atoms with Gasteiger partial charge in [-0.3, -0.25) is 9.59 Å². The molecule has 0 aromatic carbocycles. The van der Waals surface area contributed by atoms with Crippen molar-refractivity contribution >= 4 is 11.9 Å². The maximum atomic E-state index is 12.3. The van der Waals surface area contributed by atoms with Gasteiger partial charge in [-0.1, -0.05) is 19.8 Å². The van der Waals surface area contributed by atoms with E-state index < -0.39 is 11.4 Å². The van der Waals surface area contributed by atoms with Crippen LogP contribution in [0.3, 0.4) is 0 Å². The Morgan fingerprint density at radius 1 is 1.15 bits per heavy atom. The summed E-state index contributed by atoms with van der Waals surface area (Å²) in [5, 5.41) is 9.36. The normalized spacial score (nSPS) is 24.6. The minimum atomic E-state index is -0.724. The first-order chi connectivity index (χ1) is 9.41. The Morgan fingerprint density at radius 3 is 2.15 bits per heavy atom. The molecule has 1 saturated heterocycles. The molecule has 0 bridgehead atoms. The fraction of sp³-hybridized carbons (Fsp3) is 0.867. The minimum Gasteiger partial charge on any atom is -0.481 e. The molecule has 1 amide bonds. The van der Waals surface area contributed by atoms with E-state index in [1.807, 2.05) is 11.8 Å². The van der Waals surface area contributed by atoms with Crippen LogP contribution in [-0.4, -0.2) is 40.5 Å². The zero-order valence-corrected chi connectivity index (χ0v) is 12.4. The molecule has 20 heavy (non-hydrogen) atoms. The maximum Gasteiger partial charge on any atom is 0.309 e. The Labute approximate surface area is 120 Å². The molecule has 1 aliphatic heterocycles. The summed E-state index contributed by atoms with van der Waals surface area (Å²) in [5.74, 6) is -0.623. The van der Waals surface area contributed by atoms with Crippen LogP contribution < -0.4 is 5.73 Å². The molecule has 0 aromatic heterocycles. The lowest BCUT2D eigenvalue weighted by Gasteiger charge is -2.39. The molecule has 2 rings (SSSR count). The van der Waals surface area contributed by atoms with Gasteiger partial charge >= 0.3 is 5.97 Å². The highest BCUT2D eigenvalue weighted by molar-refractivity contribution is 5.79. The number of nitrogens with zero attached hydrogens (tertiary/aromatic N) is 1. The Morgan fingerprint density at radius 2 is 1.70 bits per heavy atom. The van der Waals surface area contributed by atoms with Crippen molar-refractivity contribution in [2.75, 3.05) is 13.1 Å². The van der Waals surface area contributed by atoms with Crippen LogP contribution in [0.2, 0.25) is 0 Å². The number of hydrogen-bond acceptors (Lipinski definition) is 3. The predicted octanol–water partition coefficient (Wildman–Crippen LogP) is 1.75. The number of likely N-dealkylation sites (tertiary alicyclic amines) is 1. The summed E-state index contributed by atoms with van der Waals surface area (Å²) in [4.78, 5) is 25.5. The second-order valence-corrected chi connectivity index (χ2v) is 6.57. The number of carboxylic acids is 1. The molecule has 1 heterocycles. The van der Waals surface area contributed by atoms with E-state index in [4.69, 9.17) is 5.73 Å². The second kappa shape index (κ2) is 5.72. The monoisotopic (exact) mass is 282 g/mol. The summed E-state index contributed by atoms with van der Waals surface area (Å²) >= 11 is 0. The SMILES string of the molecule is CCC1(C(=O)O)CCN(C(=O)CC2(N)CCCC2)CC1.